The van der Waals surface area contributed by atoms with Gasteiger partial charge < -0.3 is 18.6 Å². The van der Waals surface area contributed by atoms with E-state index in [4.69, 9.17) is 13.7 Å². The van der Waals surface area contributed by atoms with Gasteiger partial charge in [-0.2, -0.15) is 21.6 Å². The summed E-state index contributed by atoms with van der Waals surface area (Å²) < 4.78 is 80.6. The van der Waals surface area contributed by atoms with Gasteiger partial charge in [0.05, 0.1) is 19.8 Å². The van der Waals surface area contributed by atoms with Gasteiger partial charge >= 0.3 is 16.3 Å². The quantitative estimate of drug-likeness (QED) is 0.297. The van der Waals surface area contributed by atoms with Crippen LogP contribution in [0.1, 0.15) is 35.3 Å². The van der Waals surface area contributed by atoms with E-state index in [1.165, 1.54) is 26.4 Å². The molecule has 11 heteroatoms. The van der Waals surface area contributed by atoms with Gasteiger partial charge in [0, 0.05) is 18.7 Å². The molecule has 0 aromatic heterocycles. The lowest BCUT2D eigenvalue weighted by Crippen LogP contribution is -2.33. The van der Waals surface area contributed by atoms with E-state index >= 15 is 0 Å². The first kappa shape index (κ1) is 28.8. The summed E-state index contributed by atoms with van der Waals surface area (Å²) in [4.78, 5) is 14.2. The Morgan fingerprint density at radius 3 is 2.18 bits per heavy atom. The first-order valence-electron chi connectivity index (χ1n) is 11.6. The van der Waals surface area contributed by atoms with Gasteiger partial charge in [-0.3, -0.25) is 4.79 Å². The highest BCUT2D eigenvalue weighted by Crippen LogP contribution is 2.34. The molecule has 0 N–H and O–H groups in total. The van der Waals surface area contributed by atoms with Gasteiger partial charge in [0.1, 0.15) is 10.6 Å². The summed E-state index contributed by atoms with van der Waals surface area (Å²) in [5.41, 5.74) is -0.143. The summed E-state index contributed by atoms with van der Waals surface area (Å²) in [5, 5.41) is 0. The highest BCUT2D eigenvalue weighted by atomic mass is 32.2. The van der Waals surface area contributed by atoms with Crippen LogP contribution in [0.2, 0.25) is 0 Å². The molecule has 38 heavy (non-hydrogen) atoms. The number of alkyl halides is 3. The number of methoxy groups -OCH3 is 2. The third-order valence-electron chi connectivity index (χ3n) is 5.46. The first-order valence-corrected chi connectivity index (χ1v) is 13.0. The second-order valence-electron chi connectivity index (χ2n) is 8.86. The molecule has 0 heterocycles. The Labute approximate surface area is 219 Å². The molecule has 0 fully saturated rings. The number of hydrogen-bond donors (Lipinski definition) is 0. The molecule has 204 valence electrons. The molecule has 0 saturated carbocycles. The van der Waals surface area contributed by atoms with Crippen molar-refractivity contribution in [2.75, 3.05) is 20.8 Å². The van der Waals surface area contributed by atoms with Crippen LogP contribution in [0.4, 0.5) is 13.2 Å². The smallest absolute Gasteiger partial charge is 0.416 e. The minimum absolute atomic E-state index is 0.0567. The van der Waals surface area contributed by atoms with Crippen molar-refractivity contribution in [3.63, 3.8) is 0 Å². The molecular weight excluding hydrogens is 523 g/mol. The summed E-state index contributed by atoms with van der Waals surface area (Å²) in [6, 6.07) is 14.4. The molecule has 0 atom stereocenters. The lowest BCUT2D eigenvalue weighted by atomic mass is 10.1. The molecule has 0 aliphatic heterocycles. The van der Waals surface area contributed by atoms with E-state index in [0.717, 1.165) is 18.2 Å². The second-order valence-corrected chi connectivity index (χ2v) is 10.4. The Morgan fingerprint density at radius 2 is 1.61 bits per heavy atom. The molecule has 3 aromatic carbocycles. The van der Waals surface area contributed by atoms with E-state index in [-0.39, 0.29) is 29.9 Å². The average Bonchev–Trinajstić information content (AvgIpc) is 2.87. The van der Waals surface area contributed by atoms with Gasteiger partial charge in [-0.05, 0) is 66.1 Å². The first-order chi connectivity index (χ1) is 17.8. The predicted octanol–water partition coefficient (Wildman–Crippen LogP) is 5.79. The zero-order valence-electron chi connectivity index (χ0n) is 21.3. The lowest BCUT2D eigenvalue weighted by Gasteiger charge is -2.25. The number of rotatable bonds is 10. The number of benzene rings is 3. The van der Waals surface area contributed by atoms with Gasteiger partial charge in [0.25, 0.3) is 5.91 Å². The van der Waals surface area contributed by atoms with Crippen LogP contribution in [0, 0.1) is 5.92 Å². The molecule has 0 aliphatic rings. The van der Waals surface area contributed by atoms with Crippen LogP contribution in [-0.2, 0) is 22.8 Å². The van der Waals surface area contributed by atoms with Crippen molar-refractivity contribution in [2.24, 2.45) is 5.92 Å². The highest BCUT2D eigenvalue weighted by molar-refractivity contribution is 7.87. The molecule has 0 aliphatic carbocycles. The number of carbonyl (C=O) groups excluding carboxylic acids is 1. The zero-order valence-corrected chi connectivity index (χ0v) is 22.1. The van der Waals surface area contributed by atoms with E-state index in [1.807, 2.05) is 13.8 Å². The molecule has 0 spiro atoms. The van der Waals surface area contributed by atoms with Crippen molar-refractivity contribution in [1.82, 2.24) is 4.90 Å². The predicted molar refractivity (Wildman–Crippen MR) is 135 cm³/mol. The van der Waals surface area contributed by atoms with Crippen molar-refractivity contribution in [3.05, 3.63) is 83.4 Å². The van der Waals surface area contributed by atoms with Crippen molar-refractivity contribution in [2.45, 2.75) is 31.5 Å². The molecule has 3 aromatic rings. The summed E-state index contributed by atoms with van der Waals surface area (Å²) in [6.45, 7) is 4.44. The normalized spacial score (nSPS) is 11.8. The Bertz CT molecular complexity index is 1370. The lowest BCUT2D eigenvalue weighted by molar-refractivity contribution is -0.137. The Balaban J connectivity index is 1.91. The maximum absolute atomic E-state index is 13.3. The van der Waals surface area contributed by atoms with Gasteiger partial charge in [-0.1, -0.05) is 26.0 Å². The average molecular weight is 552 g/mol. The summed E-state index contributed by atoms with van der Waals surface area (Å²) in [7, 11) is -1.80. The van der Waals surface area contributed by atoms with Crippen molar-refractivity contribution < 1.29 is 40.0 Å². The van der Waals surface area contributed by atoms with Crippen LogP contribution in [-0.4, -0.2) is 40.0 Å². The second kappa shape index (κ2) is 11.8. The molecule has 0 radical (unpaired) electrons. The fourth-order valence-corrected chi connectivity index (χ4v) is 4.65. The number of halogens is 3. The topological polar surface area (TPSA) is 82.1 Å². The van der Waals surface area contributed by atoms with Crippen molar-refractivity contribution in [3.8, 4) is 17.2 Å². The van der Waals surface area contributed by atoms with E-state index in [9.17, 15) is 26.4 Å². The van der Waals surface area contributed by atoms with Crippen LogP contribution in [0.5, 0.6) is 17.2 Å². The summed E-state index contributed by atoms with van der Waals surface area (Å²) in [6.07, 6.45) is -4.72. The molecule has 0 saturated heterocycles. The molecular formula is C27H28F3NO6S. The molecule has 7 nitrogen and oxygen atoms in total. The molecule has 0 bridgehead atoms. The molecule has 3 rings (SSSR count). The minimum Gasteiger partial charge on any atom is -0.497 e. The number of ether oxygens (including phenoxy) is 2. The van der Waals surface area contributed by atoms with Crippen LogP contribution < -0.4 is 13.7 Å². The Kier molecular flexibility index (Phi) is 8.93. The van der Waals surface area contributed by atoms with Crippen LogP contribution in [0.3, 0.4) is 0 Å². The fourth-order valence-electron chi connectivity index (χ4n) is 3.68. The number of carbonyl (C=O) groups is 1. The van der Waals surface area contributed by atoms with Crippen LogP contribution in [0.25, 0.3) is 0 Å². The van der Waals surface area contributed by atoms with Gasteiger partial charge in [0.15, 0.2) is 11.5 Å². The van der Waals surface area contributed by atoms with Gasteiger partial charge in [0.2, 0.25) is 0 Å². The summed E-state index contributed by atoms with van der Waals surface area (Å²) in [5.74, 6) is 0.338. The zero-order chi connectivity index (χ0) is 28.1. The fraction of sp³-hybridized carbons (Fsp3) is 0.296. The Hall–Kier alpha value is -3.73. The number of nitrogens with zero attached hydrogens (tertiary/aromatic N) is 1. The third kappa shape index (κ3) is 7.18. The summed E-state index contributed by atoms with van der Waals surface area (Å²) >= 11 is 0. The molecule has 1 amide bonds. The SMILES string of the molecule is COc1ccc(C(=O)N(Cc2ccc(OC)c(OS(=O)(=O)c3cccc(C(F)(F)F)c3)c2)CC(C)C)cc1. The van der Waals surface area contributed by atoms with Crippen molar-refractivity contribution in [1.29, 1.82) is 0 Å². The number of amides is 1. The van der Waals surface area contributed by atoms with Crippen molar-refractivity contribution >= 4 is 16.0 Å². The van der Waals surface area contributed by atoms with Gasteiger partial charge in [-0.25, -0.2) is 0 Å². The largest absolute Gasteiger partial charge is 0.497 e. The molecule has 0 unspecified atom stereocenters. The Morgan fingerprint density at radius 1 is 0.921 bits per heavy atom. The van der Waals surface area contributed by atoms with Gasteiger partial charge in [-0.15, -0.1) is 0 Å². The van der Waals surface area contributed by atoms with E-state index in [1.54, 1.807) is 35.2 Å². The highest BCUT2D eigenvalue weighted by Gasteiger charge is 2.32. The third-order valence-corrected chi connectivity index (χ3v) is 6.69. The minimum atomic E-state index is -4.72. The van der Waals surface area contributed by atoms with E-state index in [2.05, 4.69) is 0 Å². The van der Waals surface area contributed by atoms with Crippen LogP contribution >= 0.6 is 0 Å². The van der Waals surface area contributed by atoms with E-state index in [0.29, 0.717) is 29.5 Å². The standard InChI is InChI=1S/C27H28F3NO6S/c1-18(2)16-31(26(32)20-9-11-22(35-3)12-10-20)17-19-8-13-24(36-4)25(14-19)37-38(33,34)23-7-5-6-21(15-23)27(28,29)30/h5-15,18H,16-17H2,1-4H3. The van der Waals surface area contributed by atoms with E-state index < -0.39 is 26.8 Å². The maximum Gasteiger partial charge on any atom is 0.416 e. The van der Waals surface area contributed by atoms with Crippen LogP contribution in [0.15, 0.2) is 71.6 Å². The maximum atomic E-state index is 13.3. The number of hydrogen-bond acceptors (Lipinski definition) is 6. The monoisotopic (exact) mass is 551 g/mol.